The van der Waals surface area contributed by atoms with Crippen LogP contribution in [0.5, 0.6) is 0 Å². The molecular weight excluding hydrogens is 444 g/mol. The first kappa shape index (κ1) is 19.0. The van der Waals surface area contributed by atoms with Crippen molar-refractivity contribution in [2.24, 2.45) is 19.1 Å². The fourth-order valence-electron chi connectivity index (χ4n) is 3.18. The molecule has 0 spiro atoms. The van der Waals surface area contributed by atoms with Gasteiger partial charge in [0.15, 0.2) is 16.3 Å². The number of halogens is 1. The van der Waals surface area contributed by atoms with Crippen molar-refractivity contribution in [1.29, 1.82) is 0 Å². The molecule has 0 radical (unpaired) electrons. The summed E-state index contributed by atoms with van der Waals surface area (Å²) in [6.45, 7) is 2.10. The van der Waals surface area contributed by atoms with E-state index in [1.165, 1.54) is 23.4 Å². The number of aryl methyl sites for hydroxylation is 1. The number of aliphatic imine (C=N–C) groups is 1. The number of benzene rings is 1. The number of nitrogens with zero attached hydrogens (tertiary/aromatic N) is 5. The van der Waals surface area contributed by atoms with Gasteiger partial charge in [-0.15, -0.1) is 0 Å². The zero-order valence-corrected chi connectivity index (χ0v) is 17.9. The minimum absolute atomic E-state index is 0.344. The highest BCUT2D eigenvalue weighted by atomic mass is 79.9. The van der Waals surface area contributed by atoms with E-state index in [-0.39, 0.29) is 11.2 Å². The molecule has 0 saturated heterocycles. The van der Waals surface area contributed by atoms with Crippen LogP contribution >= 0.6 is 27.7 Å². The van der Waals surface area contributed by atoms with Crippen molar-refractivity contribution in [3.8, 4) is 0 Å². The quantitative estimate of drug-likeness (QED) is 0.578. The van der Waals surface area contributed by atoms with Crippen LogP contribution < -0.4 is 16.6 Å². The number of hydrogen-bond acceptors (Lipinski definition) is 6. The molecule has 1 N–H and O–H groups in total. The van der Waals surface area contributed by atoms with Gasteiger partial charge in [-0.05, 0) is 17.7 Å². The first-order valence-electron chi connectivity index (χ1n) is 8.76. The van der Waals surface area contributed by atoms with Gasteiger partial charge < -0.3 is 9.88 Å². The van der Waals surface area contributed by atoms with Crippen LogP contribution in [0.3, 0.4) is 0 Å². The lowest BCUT2D eigenvalue weighted by Gasteiger charge is -2.10. The molecular formula is C18H19BrN6O2S. The Morgan fingerprint density at radius 3 is 2.79 bits per heavy atom. The second-order valence-electron chi connectivity index (χ2n) is 6.53. The molecule has 0 bridgehead atoms. The van der Waals surface area contributed by atoms with Crippen molar-refractivity contribution >= 4 is 44.7 Å². The van der Waals surface area contributed by atoms with Crippen molar-refractivity contribution < 1.29 is 0 Å². The van der Waals surface area contributed by atoms with E-state index in [1.807, 2.05) is 28.8 Å². The smallest absolute Gasteiger partial charge is 0.332 e. The zero-order chi connectivity index (χ0) is 19.8. The molecule has 3 heterocycles. The molecule has 2 aromatic heterocycles. The third kappa shape index (κ3) is 3.42. The predicted molar refractivity (Wildman–Crippen MR) is 114 cm³/mol. The zero-order valence-electron chi connectivity index (χ0n) is 15.5. The lowest BCUT2D eigenvalue weighted by molar-refractivity contribution is 0.696. The summed E-state index contributed by atoms with van der Waals surface area (Å²) < 4.78 is 5.40. The number of imidazole rings is 1. The summed E-state index contributed by atoms with van der Waals surface area (Å²) >= 11 is 5.00. The fourth-order valence-corrected chi connectivity index (χ4v) is 4.55. The summed E-state index contributed by atoms with van der Waals surface area (Å²) in [5.41, 5.74) is 1.12. The molecule has 0 aliphatic carbocycles. The molecule has 0 unspecified atom stereocenters. The van der Waals surface area contributed by atoms with Crippen molar-refractivity contribution in [3.63, 3.8) is 0 Å². The van der Waals surface area contributed by atoms with E-state index in [9.17, 15) is 9.59 Å². The molecule has 146 valence electrons. The Balaban J connectivity index is 1.86. The van der Waals surface area contributed by atoms with Gasteiger partial charge in [0.05, 0.1) is 18.8 Å². The second-order valence-corrected chi connectivity index (χ2v) is 8.39. The molecule has 1 aliphatic rings. The average molecular weight is 463 g/mol. The minimum atomic E-state index is -0.386. The molecule has 0 atom stereocenters. The van der Waals surface area contributed by atoms with Crippen LogP contribution in [0.1, 0.15) is 5.56 Å². The molecule has 1 aromatic carbocycles. The first-order chi connectivity index (χ1) is 13.5. The Bertz CT molecular complexity index is 1210. The number of rotatable bonds is 5. The fraction of sp³-hybridized carbons (Fsp3) is 0.333. The van der Waals surface area contributed by atoms with Crippen molar-refractivity contribution in [2.75, 3.05) is 18.8 Å². The monoisotopic (exact) mass is 462 g/mol. The Hall–Kier alpha value is -2.33. The Kier molecular flexibility index (Phi) is 5.15. The molecule has 4 rings (SSSR count). The van der Waals surface area contributed by atoms with Gasteiger partial charge in [-0.1, -0.05) is 39.8 Å². The van der Waals surface area contributed by atoms with Crippen LogP contribution in [0.2, 0.25) is 0 Å². The molecule has 1 aliphatic heterocycles. The Morgan fingerprint density at radius 2 is 2.07 bits per heavy atom. The van der Waals surface area contributed by atoms with Gasteiger partial charge >= 0.3 is 5.69 Å². The van der Waals surface area contributed by atoms with Crippen LogP contribution in [0.4, 0.5) is 0 Å². The number of amidine groups is 1. The predicted octanol–water partition coefficient (Wildman–Crippen LogP) is 1.34. The minimum Gasteiger partial charge on any atom is -0.371 e. The van der Waals surface area contributed by atoms with E-state index < -0.39 is 0 Å². The largest absolute Gasteiger partial charge is 0.371 e. The maximum Gasteiger partial charge on any atom is 0.332 e. The molecule has 10 heteroatoms. The third-order valence-electron chi connectivity index (χ3n) is 4.62. The van der Waals surface area contributed by atoms with E-state index in [0.29, 0.717) is 28.6 Å². The van der Waals surface area contributed by atoms with Crippen LogP contribution in [0.25, 0.3) is 11.2 Å². The summed E-state index contributed by atoms with van der Waals surface area (Å²) in [5, 5.41) is 3.93. The lowest BCUT2D eigenvalue weighted by Crippen LogP contribution is -2.37. The van der Waals surface area contributed by atoms with Crippen LogP contribution in [-0.2, 0) is 20.6 Å². The normalized spacial score (nSPS) is 13.8. The highest BCUT2D eigenvalue weighted by Gasteiger charge is 2.20. The van der Waals surface area contributed by atoms with Gasteiger partial charge in [-0.3, -0.25) is 18.9 Å². The molecule has 0 amide bonds. The summed E-state index contributed by atoms with van der Waals surface area (Å²) in [5.74, 6) is 1.56. The van der Waals surface area contributed by atoms with Crippen molar-refractivity contribution in [3.05, 3.63) is 55.1 Å². The molecule has 28 heavy (non-hydrogen) atoms. The van der Waals surface area contributed by atoms with Gasteiger partial charge in [0.1, 0.15) is 5.84 Å². The van der Waals surface area contributed by atoms with Gasteiger partial charge in [-0.25, -0.2) is 9.78 Å². The number of thioether (sulfide) groups is 1. The van der Waals surface area contributed by atoms with E-state index in [4.69, 9.17) is 0 Å². The molecule has 3 aromatic rings. The Labute approximate surface area is 173 Å². The molecule has 0 fully saturated rings. The van der Waals surface area contributed by atoms with Crippen LogP contribution in [0, 0.1) is 0 Å². The van der Waals surface area contributed by atoms with Gasteiger partial charge in [0.2, 0.25) is 0 Å². The maximum atomic E-state index is 12.9. The standard InChI is InChI=1S/C18H19BrN6O2S/c1-23-15-14(16(26)24(2)18(23)27)25(9-11-4-3-5-12(19)8-11)17(22-15)28-10-13-20-6-7-21-13/h3-5,8H,6-7,9-10H2,1-2H3,(H,20,21). The number of fused-ring (bicyclic) bond motifs is 1. The summed E-state index contributed by atoms with van der Waals surface area (Å²) in [6.07, 6.45) is 0. The van der Waals surface area contributed by atoms with Crippen LogP contribution in [-0.4, -0.2) is 43.4 Å². The first-order valence-corrected chi connectivity index (χ1v) is 10.5. The maximum absolute atomic E-state index is 12.9. The van der Waals surface area contributed by atoms with E-state index in [2.05, 4.69) is 31.2 Å². The van der Waals surface area contributed by atoms with E-state index in [0.717, 1.165) is 33.5 Å². The molecule has 8 nitrogen and oxygen atoms in total. The van der Waals surface area contributed by atoms with E-state index >= 15 is 0 Å². The topological polar surface area (TPSA) is 86.2 Å². The highest BCUT2D eigenvalue weighted by Crippen LogP contribution is 2.24. The van der Waals surface area contributed by atoms with Gasteiger partial charge in [0.25, 0.3) is 5.56 Å². The SMILES string of the molecule is Cn1c(=O)c2c(nc(SCC3=NCCN3)n2Cc2cccc(Br)c2)n(C)c1=O. The van der Waals surface area contributed by atoms with E-state index in [1.54, 1.807) is 7.05 Å². The number of hydrogen-bond donors (Lipinski definition) is 1. The summed E-state index contributed by atoms with van der Waals surface area (Å²) in [4.78, 5) is 34.3. The second kappa shape index (κ2) is 7.59. The lowest BCUT2D eigenvalue weighted by atomic mass is 10.2. The van der Waals surface area contributed by atoms with Crippen molar-refractivity contribution in [1.82, 2.24) is 24.0 Å². The average Bonchev–Trinajstić information content (AvgIpc) is 3.31. The highest BCUT2D eigenvalue weighted by molar-refractivity contribution is 9.10. The number of nitrogens with one attached hydrogen (secondary N) is 1. The third-order valence-corrected chi connectivity index (χ3v) is 6.11. The van der Waals surface area contributed by atoms with Gasteiger partial charge in [0, 0.05) is 25.1 Å². The Morgan fingerprint density at radius 1 is 1.25 bits per heavy atom. The molecule has 0 saturated carbocycles. The summed E-state index contributed by atoms with van der Waals surface area (Å²) in [6, 6.07) is 7.92. The summed E-state index contributed by atoms with van der Waals surface area (Å²) in [7, 11) is 3.13. The number of aromatic nitrogens is 4. The van der Waals surface area contributed by atoms with Crippen LogP contribution in [0.15, 0.2) is 48.5 Å². The van der Waals surface area contributed by atoms with Gasteiger partial charge in [-0.2, -0.15) is 0 Å². The van der Waals surface area contributed by atoms with Crippen molar-refractivity contribution in [2.45, 2.75) is 11.7 Å².